The second-order valence-corrected chi connectivity index (χ2v) is 4.21. The van der Waals surface area contributed by atoms with Gasteiger partial charge in [-0.1, -0.05) is 30.3 Å². The largest absolute Gasteiger partial charge is 0.375 e. The van der Waals surface area contributed by atoms with Gasteiger partial charge in [0.05, 0.1) is 18.0 Å². The normalized spacial score (nSPS) is 11.7. The number of amides is 2. The monoisotopic (exact) mass is 271 g/mol. The fourth-order valence-corrected chi connectivity index (χ4v) is 1.80. The number of pyridine rings is 1. The number of nitrogens with one attached hydrogen (secondary N) is 2. The number of anilines is 1. The second-order valence-electron chi connectivity index (χ2n) is 4.21. The van der Waals surface area contributed by atoms with Crippen LogP contribution in [0.25, 0.3) is 0 Å². The highest BCUT2D eigenvalue weighted by Gasteiger charge is 2.11. The fourth-order valence-electron chi connectivity index (χ4n) is 1.80. The topological polar surface area (TPSA) is 63.2 Å². The summed E-state index contributed by atoms with van der Waals surface area (Å²) in [4.78, 5) is 15.7. The van der Waals surface area contributed by atoms with Crippen LogP contribution in [-0.4, -0.2) is 24.7 Å². The van der Waals surface area contributed by atoms with E-state index in [0.717, 1.165) is 5.56 Å². The van der Waals surface area contributed by atoms with E-state index in [2.05, 4.69) is 15.6 Å². The molecular weight excluding hydrogens is 254 g/mol. The third kappa shape index (κ3) is 4.07. The maximum atomic E-state index is 11.8. The zero-order valence-electron chi connectivity index (χ0n) is 11.2. The molecule has 0 aliphatic heterocycles. The van der Waals surface area contributed by atoms with Crippen LogP contribution in [0.4, 0.5) is 10.5 Å². The van der Waals surface area contributed by atoms with Gasteiger partial charge in [-0.05, 0) is 17.7 Å². The van der Waals surface area contributed by atoms with E-state index in [0.29, 0.717) is 12.2 Å². The molecule has 0 radical (unpaired) electrons. The van der Waals surface area contributed by atoms with Crippen molar-refractivity contribution < 1.29 is 9.53 Å². The van der Waals surface area contributed by atoms with Crippen LogP contribution in [0.3, 0.4) is 0 Å². The number of methoxy groups -OCH3 is 1. The van der Waals surface area contributed by atoms with E-state index in [1.54, 1.807) is 31.6 Å². The van der Waals surface area contributed by atoms with Crippen LogP contribution >= 0.6 is 0 Å². The SMILES string of the molecule is COC(CNC(=O)Nc1cccnc1)c1ccccc1. The lowest BCUT2D eigenvalue weighted by Crippen LogP contribution is -2.32. The number of rotatable bonds is 5. The third-order valence-electron chi connectivity index (χ3n) is 2.82. The lowest BCUT2D eigenvalue weighted by molar-refractivity contribution is 0.104. The van der Waals surface area contributed by atoms with Gasteiger partial charge in [-0.3, -0.25) is 4.98 Å². The minimum Gasteiger partial charge on any atom is -0.375 e. The zero-order valence-corrected chi connectivity index (χ0v) is 11.2. The minimum absolute atomic E-state index is 0.171. The molecule has 1 aromatic heterocycles. The van der Waals surface area contributed by atoms with E-state index in [-0.39, 0.29) is 12.1 Å². The van der Waals surface area contributed by atoms with Crippen LogP contribution in [0, 0.1) is 0 Å². The molecule has 5 heteroatoms. The van der Waals surface area contributed by atoms with Crippen molar-refractivity contribution >= 4 is 11.7 Å². The fraction of sp³-hybridized carbons (Fsp3) is 0.200. The maximum absolute atomic E-state index is 11.8. The number of carbonyl (C=O) groups is 1. The molecule has 2 aromatic rings. The Bertz CT molecular complexity index is 531. The van der Waals surface area contributed by atoms with Crippen LogP contribution in [0.5, 0.6) is 0 Å². The molecule has 1 unspecified atom stereocenters. The molecule has 5 nitrogen and oxygen atoms in total. The summed E-state index contributed by atoms with van der Waals surface area (Å²) in [6.07, 6.45) is 3.07. The molecule has 2 rings (SSSR count). The summed E-state index contributed by atoms with van der Waals surface area (Å²) in [6.45, 7) is 0.395. The van der Waals surface area contributed by atoms with E-state index in [4.69, 9.17) is 4.74 Å². The molecule has 0 spiro atoms. The highest BCUT2D eigenvalue weighted by Crippen LogP contribution is 2.14. The van der Waals surface area contributed by atoms with Gasteiger partial charge < -0.3 is 15.4 Å². The van der Waals surface area contributed by atoms with Gasteiger partial charge in [0.1, 0.15) is 0 Å². The van der Waals surface area contributed by atoms with Crippen molar-refractivity contribution in [2.24, 2.45) is 0 Å². The van der Waals surface area contributed by atoms with Gasteiger partial charge >= 0.3 is 6.03 Å². The van der Waals surface area contributed by atoms with Crippen LogP contribution in [0.15, 0.2) is 54.9 Å². The van der Waals surface area contributed by atoms with Gasteiger partial charge in [0, 0.05) is 19.9 Å². The Kier molecular flexibility index (Phi) is 5.08. The molecule has 2 N–H and O–H groups in total. The number of nitrogens with zero attached hydrogens (tertiary/aromatic N) is 1. The van der Waals surface area contributed by atoms with Gasteiger partial charge in [0.15, 0.2) is 0 Å². The van der Waals surface area contributed by atoms with Crippen LogP contribution < -0.4 is 10.6 Å². The molecule has 0 aliphatic carbocycles. The summed E-state index contributed by atoms with van der Waals surface area (Å²) in [5.41, 5.74) is 1.68. The van der Waals surface area contributed by atoms with E-state index in [9.17, 15) is 4.79 Å². The molecule has 2 amide bonds. The predicted octanol–water partition coefficient (Wildman–Crippen LogP) is 2.59. The first-order valence-corrected chi connectivity index (χ1v) is 6.32. The van der Waals surface area contributed by atoms with Gasteiger partial charge in [-0.25, -0.2) is 4.79 Å². The molecule has 1 atom stereocenters. The highest BCUT2D eigenvalue weighted by atomic mass is 16.5. The number of hydrogen-bond acceptors (Lipinski definition) is 3. The van der Waals surface area contributed by atoms with Crippen molar-refractivity contribution in [1.82, 2.24) is 10.3 Å². The van der Waals surface area contributed by atoms with Crippen LogP contribution in [-0.2, 0) is 4.74 Å². The summed E-state index contributed by atoms with van der Waals surface area (Å²) in [6, 6.07) is 13.0. The average molecular weight is 271 g/mol. The molecule has 0 saturated heterocycles. The van der Waals surface area contributed by atoms with E-state index in [1.165, 1.54) is 0 Å². The van der Waals surface area contributed by atoms with Gasteiger partial charge in [-0.2, -0.15) is 0 Å². The highest BCUT2D eigenvalue weighted by molar-refractivity contribution is 5.88. The quantitative estimate of drug-likeness (QED) is 0.878. The van der Waals surface area contributed by atoms with Gasteiger partial charge in [0.25, 0.3) is 0 Å². The first-order chi connectivity index (χ1) is 9.79. The van der Waals surface area contributed by atoms with Crippen molar-refractivity contribution in [2.75, 3.05) is 19.0 Å². The minimum atomic E-state index is -0.281. The molecule has 0 fully saturated rings. The van der Waals surface area contributed by atoms with Crippen molar-refractivity contribution in [3.05, 3.63) is 60.4 Å². The van der Waals surface area contributed by atoms with Crippen LogP contribution in [0.1, 0.15) is 11.7 Å². The van der Waals surface area contributed by atoms with E-state index in [1.807, 2.05) is 30.3 Å². The lowest BCUT2D eigenvalue weighted by Gasteiger charge is -2.16. The summed E-state index contributed by atoms with van der Waals surface area (Å²) in [5, 5.41) is 5.48. The second kappa shape index (κ2) is 7.25. The third-order valence-corrected chi connectivity index (χ3v) is 2.82. The smallest absolute Gasteiger partial charge is 0.319 e. The van der Waals surface area contributed by atoms with Gasteiger partial charge in [-0.15, -0.1) is 0 Å². The predicted molar refractivity (Wildman–Crippen MR) is 77.5 cm³/mol. The molecule has 1 aromatic carbocycles. The van der Waals surface area contributed by atoms with Crippen molar-refractivity contribution in [2.45, 2.75) is 6.10 Å². The number of ether oxygens (including phenoxy) is 1. The molecule has 0 aliphatic rings. The average Bonchev–Trinajstić information content (AvgIpc) is 2.50. The number of aromatic nitrogens is 1. The number of benzene rings is 1. The van der Waals surface area contributed by atoms with Crippen molar-refractivity contribution in [3.63, 3.8) is 0 Å². The van der Waals surface area contributed by atoms with Crippen molar-refractivity contribution in [3.8, 4) is 0 Å². The first kappa shape index (κ1) is 14.0. The molecule has 1 heterocycles. The summed E-state index contributed by atoms with van der Waals surface area (Å²) in [5.74, 6) is 0. The molecule has 20 heavy (non-hydrogen) atoms. The Balaban J connectivity index is 1.86. The summed E-state index contributed by atoms with van der Waals surface area (Å²) >= 11 is 0. The van der Waals surface area contributed by atoms with Crippen LogP contribution in [0.2, 0.25) is 0 Å². The number of carbonyl (C=O) groups excluding carboxylic acids is 1. The Morgan fingerprint density at radius 1 is 1.25 bits per heavy atom. The van der Waals surface area contributed by atoms with E-state index < -0.39 is 0 Å². The Morgan fingerprint density at radius 2 is 2.05 bits per heavy atom. The number of urea groups is 1. The first-order valence-electron chi connectivity index (χ1n) is 6.32. The lowest BCUT2D eigenvalue weighted by atomic mass is 10.1. The maximum Gasteiger partial charge on any atom is 0.319 e. The Labute approximate surface area is 118 Å². The summed E-state index contributed by atoms with van der Waals surface area (Å²) in [7, 11) is 1.62. The Morgan fingerprint density at radius 3 is 2.70 bits per heavy atom. The standard InChI is InChI=1S/C15H17N3O2/c1-20-14(12-6-3-2-4-7-12)11-17-15(19)18-13-8-5-9-16-10-13/h2-10,14H,11H2,1H3,(H2,17,18,19). The molecule has 0 bridgehead atoms. The molecule has 0 saturated carbocycles. The molecule has 104 valence electrons. The Hall–Kier alpha value is -2.40. The molecular formula is C15H17N3O2. The summed E-state index contributed by atoms with van der Waals surface area (Å²) < 4.78 is 5.38. The van der Waals surface area contributed by atoms with E-state index >= 15 is 0 Å². The number of hydrogen-bond donors (Lipinski definition) is 2. The van der Waals surface area contributed by atoms with Gasteiger partial charge in [0.2, 0.25) is 0 Å². The zero-order chi connectivity index (χ0) is 14.2. The van der Waals surface area contributed by atoms with Crippen molar-refractivity contribution in [1.29, 1.82) is 0 Å².